The Balaban J connectivity index is 1.46. The lowest BCUT2D eigenvalue weighted by Gasteiger charge is -2.28. The summed E-state index contributed by atoms with van der Waals surface area (Å²) in [6.45, 7) is 2.79. The van der Waals surface area contributed by atoms with E-state index in [1.807, 2.05) is 0 Å². The highest BCUT2D eigenvalue weighted by Crippen LogP contribution is 2.46. The van der Waals surface area contributed by atoms with E-state index in [1.54, 1.807) is 37.3 Å². The van der Waals surface area contributed by atoms with Crippen molar-refractivity contribution in [2.24, 2.45) is 5.92 Å². The standard InChI is InChI=1S/C23H30N3O9P/c1-14-20(28)18(34-21(14)26-12-11-19(27)24-23(26)30)13-32-36(31,35-17-7-4-3-5-8-17)25-15(2)22(29)33-16-9-6-10-16/h3-5,7-8,11-12,14-16,18,20-21,28H,6,9-10,13H2,1-2H3,(H,25,31)(H,24,27,30)/t14?,15-,18?,20?,21?,36?/m0/s1. The van der Waals surface area contributed by atoms with Crippen molar-refractivity contribution in [1.82, 2.24) is 14.6 Å². The smallest absolute Gasteiger partial charge is 0.459 e. The largest absolute Gasteiger partial charge is 0.461 e. The van der Waals surface area contributed by atoms with Gasteiger partial charge in [-0.2, -0.15) is 5.09 Å². The zero-order chi connectivity index (χ0) is 25.9. The van der Waals surface area contributed by atoms with Gasteiger partial charge in [-0.05, 0) is 38.3 Å². The Kier molecular flexibility index (Phi) is 8.11. The quantitative estimate of drug-likeness (QED) is 0.309. The minimum absolute atomic E-state index is 0.145. The van der Waals surface area contributed by atoms with Crippen molar-refractivity contribution in [3.8, 4) is 5.75 Å². The number of ether oxygens (including phenoxy) is 2. The first-order chi connectivity index (χ1) is 17.1. The number of H-pyrrole nitrogens is 1. The predicted octanol–water partition coefficient (Wildman–Crippen LogP) is 1.71. The Morgan fingerprint density at radius 2 is 2.00 bits per heavy atom. The van der Waals surface area contributed by atoms with Crippen molar-refractivity contribution >= 4 is 13.7 Å². The molecule has 1 aromatic heterocycles. The summed E-state index contributed by atoms with van der Waals surface area (Å²) in [5.41, 5.74) is -1.25. The lowest BCUT2D eigenvalue weighted by atomic mass is 9.96. The normalized spacial score (nSPS) is 26.5. The fourth-order valence-electron chi connectivity index (χ4n) is 3.90. The third kappa shape index (κ3) is 6.13. The van der Waals surface area contributed by atoms with E-state index in [-0.39, 0.29) is 18.5 Å². The molecule has 1 aliphatic carbocycles. The van der Waals surface area contributed by atoms with Crippen LogP contribution in [0, 0.1) is 5.92 Å². The molecule has 5 unspecified atom stereocenters. The highest BCUT2D eigenvalue weighted by molar-refractivity contribution is 7.52. The molecule has 2 fully saturated rings. The molecule has 3 N–H and O–H groups in total. The zero-order valence-corrected chi connectivity index (χ0v) is 20.8. The third-order valence-electron chi connectivity index (χ3n) is 6.23. The number of carbonyl (C=O) groups excluding carboxylic acids is 1. The number of aromatic nitrogens is 2. The van der Waals surface area contributed by atoms with Crippen molar-refractivity contribution in [3.05, 3.63) is 63.4 Å². The number of nitrogens with zero attached hydrogens (tertiary/aromatic N) is 1. The van der Waals surface area contributed by atoms with Crippen molar-refractivity contribution in [1.29, 1.82) is 0 Å². The van der Waals surface area contributed by atoms with E-state index < -0.39 is 55.4 Å². The highest BCUT2D eigenvalue weighted by atomic mass is 31.2. The van der Waals surface area contributed by atoms with E-state index in [4.69, 9.17) is 18.5 Å². The summed E-state index contributed by atoms with van der Waals surface area (Å²) in [6, 6.07) is 8.46. The van der Waals surface area contributed by atoms with Crippen molar-refractivity contribution in [2.75, 3.05) is 6.61 Å². The maximum absolute atomic E-state index is 13.7. The van der Waals surface area contributed by atoms with Crippen LogP contribution in [0.1, 0.15) is 39.3 Å². The molecule has 2 aliphatic rings. The number of aliphatic hydroxyl groups excluding tert-OH is 1. The number of rotatable bonds is 10. The molecule has 0 bridgehead atoms. The number of carbonyl (C=O) groups is 1. The van der Waals surface area contributed by atoms with Crippen molar-refractivity contribution in [2.45, 2.75) is 63.7 Å². The van der Waals surface area contributed by atoms with E-state index >= 15 is 0 Å². The average Bonchev–Trinajstić information content (AvgIpc) is 3.09. The second-order valence-corrected chi connectivity index (χ2v) is 10.7. The molecule has 12 nitrogen and oxygen atoms in total. The van der Waals surface area contributed by atoms with E-state index in [0.29, 0.717) is 0 Å². The molecule has 2 heterocycles. The average molecular weight is 523 g/mol. The van der Waals surface area contributed by atoms with Gasteiger partial charge in [-0.3, -0.25) is 23.7 Å². The summed E-state index contributed by atoms with van der Waals surface area (Å²) in [6.07, 6.45) is 0.760. The van der Waals surface area contributed by atoms with Gasteiger partial charge in [0.05, 0.1) is 12.7 Å². The van der Waals surface area contributed by atoms with Gasteiger partial charge in [0.2, 0.25) is 0 Å². The number of hydrogen-bond acceptors (Lipinski definition) is 9. The second-order valence-electron chi connectivity index (χ2n) is 8.97. The molecule has 36 heavy (non-hydrogen) atoms. The van der Waals surface area contributed by atoms with Crippen LogP contribution in [0.25, 0.3) is 0 Å². The minimum atomic E-state index is -4.15. The van der Waals surface area contributed by atoms with E-state index in [0.717, 1.165) is 23.8 Å². The van der Waals surface area contributed by atoms with Crippen LogP contribution >= 0.6 is 7.75 Å². The first-order valence-electron chi connectivity index (χ1n) is 11.8. The van der Waals surface area contributed by atoms with Gasteiger partial charge in [0.1, 0.15) is 30.2 Å². The van der Waals surface area contributed by atoms with Crippen LogP contribution < -0.4 is 20.9 Å². The van der Waals surface area contributed by atoms with E-state index in [2.05, 4.69) is 10.1 Å². The monoisotopic (exact) mass is 523 g/mol. The number of para-hydroxylation sites is 1. The van der Waals surface area contributed by atoms with Gasteiger partial charge in [-0.1, -0.05) is 25.1 Å². The van der Waals surface area contributed by atoms with Crippen LogP contribution in [0.15, 0.2) is 52.2 Å². The summed E-state index contributed by atoms with van der Waals surface area (Å²) in [4.78, 5) is 38.2. The van der Waals surface area contributed by atoms with Gasteiger partial charge in [0.25, 0.3) is 5.56 Å². The molecule has 196 valence electrons. The van der Waals surface area contributed by atoms with Crippen LogP contribution in [0.3, 0.4) is 0 Å². The topological polar surface area (TPSA) is 158 Å². The number of nitrogens with one attached hydrogen (secondary N) is 2. The van der Waals surface area contributed by atoms with Gasteiger partial charge >= 0.3 is 19.4 Å². The molecule has 2 aromatic rings. The predicted molar refractivity (Wildman–Crippen MR) is 127 cm³/mol. The Bertz CT molecular complexity index is 1210. The van der Waals surface area contributed by atoms with Gasteiger partial charge in [0, 0.05) is 18.2 Å². The number of esters is 1. The fraction of sp³-hybridized carbons (Fsp3) is 0.522. The van der Waals surface area contributed by atoms with Crippen molar-refractivity contribution in [3.63, 3.8) is 0 Å². The molecular formula is C23H30N3O9P. The van der Waals surface area contributed by atoms with Gasteiger partial charge in [-0.15, -0.1) is 0 Å². The van der Waals surface area contributed by atoms with Crippen LogP contribution in [0.4, 0.5) is 0 Å². The third-order valence-corrected chi connectivity index (χ3v) is 7.87. The maximum atomic E-state index is 13.7. The minimum Gasteiger partial charge on any atom is -0.461 e. The Morgan fingerprint density at radius 3 is 2.64 bits per heavy atom. The lowest BCUT2D eigenvalue weighted by molar-refractivity contribution is -0.154. The summed E-state index contributed by atoms with van der Waals surface area (Å²) in [5, 5.41) is 13.3. The molecule has 4 rings (SSSR count). The van der Waals surface area contributed by atoms with Crippen LogP contribution in [0.5, 0.6) is 5.75 Å². The van der Waals surface area contributed by atoms with Crippen LogP contribution in [-0.4, -0.2) is 51.6 Å². The molecule has 0 spiro atoms. The SMILES string of the molecule is CC1C(O)C(COP(=O)(N[C@@H](C)C(=O)OC2CCC2)Oc2ccccc2)OC1n1ccc(=O)[nH]c1=O. The Labute approximate surface area is 207 Å². The molecular weight excluding hydrogens is 493 g/mol. The molecule has 1 aromatic carbocycles. The van der Waals surface area contributed by atoms with E-state index in [9.17, 15) is 24.1 Å². The zero-order valence-electron chi connectivity index (χ0n) is 19.9. The number of aromatic amines is 1. The molecule has 13 heteroatoms. The first kappa shape index (κ1) is 26.3. The van der Waals surface area contributed by atoms with Crippen LogP contribution in [-0.2, 0) is 23.4 Å². The molecule has 1 aliphatic heterocycles. The van der Waals surface area contributed by atoms with E-state index in [1.165, 1.54) is 19.2 Å². The number of hydrogen-bond donors (Lipinski definition) is 3. The molecule has 1 saturated heterocycles. The van der Waals surface area contributed by atoms with Crippen LogP contribution in [0.2, 0.25) is 0 Å². The van der Waals surface area contributed by atoms with Gasteiger partial charge in [0.15, 0.2) is 0 Å². The van der Waals surface area contributed by atoms with Gasteiger partial charge in [-0.25, -0.2) is 9.36 Å². The number of aliphatic hydroxyl groups is 1. The molecule has 0 radical (unpaired) electrons. The summed E-state index contributed by atoms with van der Waals surface area (Å²) >= 11 is 0. The lowest BCUT2D eigenvalue weighted by Crippen LogP contribution is -2.39. The molecule has 0 amide bonds. The maximum Gasteiger partial charge on any atom is 0.459 e. The summed E-state index contributed by atoms with van der Waals surface area (Å²) in [7, 11) is -4.15. The molecule has 1 saturated carbocycles. The Morgan fingerprint density at radius 1 is 1.28 bits per heavy atom. The molecule has 6 atom stereocenters. The number of benzene rings is 1. The second kappa shape index (κ2) is 11.1. The highest BCUT2D eigenvalue weighted by Gasteiger charge is 2.44. The summed E-state index contributed by atoms with van der Waals surface area (Å²) in [5.74, 6) is -0.892. The summed E-state index contributed by atoms with van der Waals surface area (Å²) < 4.78 is 37.3. The van der Waals surface area contributed by atoms with Gasteiger partial charge < -0.3 is 19.1 Å². The fourth-order valence-corrected chi connectivity index (χ4v) is 5.40. The van der Waals surface area contributed by atoms with Crippen molar-refractivity contribution < 1.29 is 33.0 Å². The first-order valence-corrected chi connectivity index (χ1v) is 13.3. The Hall–Kier alpha value is -2.76.